The van der Waals surface area contributed by atoms with Crippen molar-refractivity contribution in [1.82, 2.24) is 15.1 Å². The lowest BCUT2D eigenvalue weighted by atomic mass is 10.1. The van der Waals surface area contributed by atoms with Crippen LogP contribution in [0.1, 0.15) is 53.4 Å². The summed E-state index contributed by atoms with van der Waals surface area (Å²) in [6.07, 6.45) is 5.39. The van der Waals surface area contributed by atoms with Crippen LogP contribution in [0.4, 0.5) is 0 Å². The normalized spacial score (nSPS) is 20.6. The first kappa shape index (κ1) is 18.5. The summed E-state index contributed by atoms with van der Waals surface area (Å²) in [4.78, 5) is 9.89. The molecular weight excluding hydrogens is 288 g/mol. The average molecular weight is 325 g/mol. The van der Waals surface area contributed by atoms with Crippen LogP contribution in [-0.2, 0) is 4.74 Å². The van der Waals surface area contributed by atoms with Crippen LogP contribution in [0, 0.1) is 0 Å². The molecule has 23 heavy (non-hydrogen) atoms. The fraction of sp³-hybridized carbons (Fsp3) is 0.944. The number of aliphatic imine (C=N–C) groups is 1. The Morgan fingerprint density at radius 3 is 2.43 bits per heavy atom. The van der Waals surface area contributed by atoms with Crippen molar-refractivity contribution in [2.24, 2.45) is 4.99 Å². The standard InChI is InChI=1S/C18H36N4O/c1-5-19-18(21-12-9-17(10-13-21)23-6-2)20-11-14-22(15(3)4)16-7-8-16/h15-17H,5-14H2,1-4H3,(H,19,20). The number of likely N-dealkylation sites (tertiary alicyclic amines) is 1. The van der Waals surface area contributed by atoms with Gasteiger partial charge in [0.2, 0.25) is 0 Å². The predicted molar refractivity (Wildman–Crippen MR) is 97.1 cm³/mol. The van der Waals surface area contributed by atoms with Gasteiger partial charge in [0.25, 0.3) is 0 Å². The van der Waals surface area contributed by atoms with Crippen molar-refractivity contribution in [3.05, 3.63) is 0 Å². The number of nitrogens with one attached hydrogen (secondary N) is 1. The molecule has 1 aliphatic heterocycles. The van der Waals surface area contributed by atoms with Crippen LogP contribution in [-0.4, -0.2) is 73.3 Å². The minimum Gasteiger partial charge on any atom is -0.378 e. The molecule has 1 heterocycles. The lowest BCUT2D eigenvalue weighted by Gasteiger charge is -2.34. The maximum atomic E-state index is 5.75. The van der Waals surface area contributed by atoms with Gasteiger partial charge in [0, 0.05) is 44.9 Å². The van der Waals surface area contributed by atoms with E-state index in [-0.39, 0.29) is 0 Å². The lowest BCUT2D eigenvalue weighted by Crippen LogP contribution is -2.47. The zero-order valence-electron chi connectivity index (χ0n) is 15.6. The second kappa shape index (κ2) is 9.48. The highest BCUT2D eigenvalue weighted by molar-refractivity contribution is 5.80. The number of hydrogen-bond donors (Lipinski definition) is 1. The largest absolute Gasteiger partial charge is 0.378 e. The van der Waals surface area contributed by atoms with Crippen LogP contribution in [0.15, 0.2) is 4.99 Å². The second-order valence-electron chi connectivity index (χ2n) is 6.94. The minimum atomic E-state index is 0.436. The van der Waals surface area contributed by atoms with Gasteiger partial charge < -0.3 is 15.0 Å². The Bertz CT molecular complexity index is 358. The van der Waals surface area contributed by atoms with Gasteiger partial charge in [-0.2, -0.15) is 0 Å². The van der Waals surface area contributed by atoms with Crippen molar-refractivity contribution < 1.29 is 4.74 Å². The Hall–Kier alpha value is -0.810. The predicted octanol–water partition coefficient (Wildman–Crippen LogP) is 2.33. The Balaban J connectivity index is 1.82. The molecule has 0 bridgehead atoms. The van der Waals surface area contributed by atoms with Crippen molar-refractivity contribution in [2.45, 2.75) is 71.6 Å². The summed E-state index contributed by atoms with van der Waals surface area (Å²) in [5, 5.41) is 3.46. The number of nitrogens with zero attached hydrogens (tertiary/aromatic N) is 3. The van der Waals surface area contributed by atoms with E-state index in [1.54, 1.807) is 0 Å². The van der Waals surface area contributed by atoms with E-state index in [0.717, 1.165) is 64.2 Å². The Labute approximate surface area is 142 Å². The zero-order valence-corrected chi connectivity index (χ0v) is 15.6. The molecule has 1 saturated carbocycles. The summed E-state index contributed by atoms with van der Waals surface area (Å²) < 4.78 is 5.75. The summed E-state index contributed by atoms with van der Waals surface area (Å²) in [7, 11) is 0. The molecule has 2 aliphatic rings. The van der Waals surface area contributed by atoms with Gasteiger partial charge in [0.05, 0.1) is 12.6 Å². The van der Waals surface area contributed by atoms with Gasteiger partial charge in [-0.15, -0.1) is 0 Å². The third-order valence-electron chi connectivity index (χ3n) is 4.78. The van der Waals surface area contributed by atoms with Gasteiger partial charge in [-0.25, -0.2) is 0 Å². The number of piperidine rings is 1. The topological polar surface area (TPSA) is 40.1 Å². The molecule has 1 aliphatic carbocycles. The average Bonchev–Trinajstić information content (AvgIpc) is 3.36. The highest BCUT2D eigenvalue weighted by Crippen LogP contribution is 2.28. The van der Waals surface area contributed by atoms with Gasteiger partial charge in [-0.3, -0.25) is 9.89 Å². The van der Waals surface area contributed by atoms with Crippen LogP contribution in [0.25, 0.3) is 0 Å². The molecule has 0 spiro atoms. The van der Waals surface area contributed by atoms with Gasteiger partial charge in [-0.05, 0) is 53.4 Å². The summed E-state index contributed by atoms with van der Waals surface area (Å²) in [6, 6.07) is 1.44. The maximum Gasteiger partial charge on any atom is 0.193 e. The van der Waals surface area contributed by atoms with Crippen LogP contribution >= 0.6 is 0 Å². The van der Waals surface area contributed by atoms with Gasteiger partial charge in [-0.1, -0.05) is 0 Å². The molecular formula is C18H36N4O. The van der Waals surface area contributed by atoms with Crippen molar-refractivity contribution in [3.8, 4) is 0 Å². The van der Waals surface area contributed by atoms with E-state index >= 15 is 0 Å². The fourth-order valence-corrected chi connectivity index (χ4v) is 3.44. The summed E-state index contributed by atoms with van der Waals surface area (Å²) in [5.74, 6) is 1.09. The summed E-state index contributed by atoms with van der Waals surface area (Å²) in [5.41, 5.74) is 0. The first-order chi connectivity index (χ1) is 11.2. The Morgan fingerprint density at radius 1 is 1.22 bits per heavy atom. The lowest BCUT2D eigenvalue weighted by molar-refractivity contribution is 0.0263. The van der Waals surface area contributed by atoms with Crippen molar-refractivity contribution in [2.75, 3.05) is 39.3 Å². The van der Waals surface area contributed by atoms with Crippen LogP contribution in [0.3, 0.4) is 0 Å². The van der Waals surface area contributed by atoms with Gasteiger partial charge >= 0.3 is 0 Å². The molecule has 5 nitrogen and oxygen atoms in total. The van der Waals surface area contributed by atoms with E-state index < -0.39 is 0 Å². The highest BCUT2D eigenvalue weighted by atomic mass is 16.5. The molecule has 2 rings (SSSR count). The van der Waals surface area contributed by atoms with E-state index in [1.165, 1.54) is 12.8 Å². The van der Waals surface area contributed by atoms with Crippen molar-refractivity contribution >= 4 is 5.96 Å². The Kier molecular flexibility index (Phi) is 7.63. The molecule has 5 heteroatoms. The molecule has 1 N–H and O–H groups in total. The molecule has 0 aromatic rings. The van der Waals surface area contributed by atoms with Crippen LogP contribution < -0.4 is 5.32 Å². The van der Waals surface area contributed by atoms with E-state index in [1.807, 2.05) is 0 Å². The summed E-state index contributed by atoms with van der Waals surface area (Å²) >= 11 is 0. The zero-order chi connectivity index (χ0) is 16.7. The van der Waals surface area contributed by atoms with Gasteiger partial charge in [0.15, 0.2) is 5.96 Å². The van der Waals surface area contributed by atoms with Gasteiger partial charge in [0.1, 0.15) is 0 Å². The highest BCUT2D eigenvalue weighted by Gasteiger charge is 2.30. The number of hydrogen-bond acceptors (Lipinski definition) is 3. The van der Waals surface area contributed by atoms with E-state index in [2.05, 4.69) is 42.8 Å². The van der Waals surface area contributed by atoms with E-state index in [9.17, 15) is 0 Å². The van der Waals surface area contributed by atoms with Crippen molar-refractivity contribution in [3.63, 3.8) is 0 Å². The quantitative estimate of drug-likeness (QED) is 0.549. The molecule has 1 saturated heterocycles. The number of guanidine groups is 1. The third-order valence-corrected chi connectivity index (χ3v) is 4.78. The molecule has 0 aromatic heterocycles. The number of ether oxygens (including phenoxy) is 1. The first-order valence-corrected chi connectivity index (χ1v) is 9.56. The molecule has 0 atom stereocenters. The molecule has 134 valence electrons. The monoisotopic (exact) mass is 324 g/mol. The minimum absolute atomic E-state index is 0.436. The van der Waals surface area contributed by atoms with Crippen LogP contribution in [0.2, 0.25) is 0 Å². The van der Waals surface area contributed by atoms with Crippen molar-refractivity contribution in [1.29, 1.82) is 0 Å². The van der Waals surface area contributed by atoms with E-state index in [4.69, 9.17) is 9.73 Å². The smallest absolute Gasteiger partial charge is 0.193 e. The van der Waals surface area contributed by atoms with Crippen LogP contribution in [0.5, 0.6) is 0 Å². The SMILES string of the molecule is CCNC(=NCCN(C(C)C)C1CC1)N1CCC(OCC)CC1. The maximum absolute atomic E-state index is 5.75. The molecule has 0 unspecified atom stereocenters. The number of rotatable bonds is 8. The molecule has 0 amide bonds. The molecule has 0 aromatic carbocycles. The molecule has 2 fully saturated rings. The fourth-order valence-electron chi connectivity index (χ4n) is 3.44. The first-order valence-electron chi connectivity index (χ1n) is 9.56. The molecule has 0 radical (unpaired) electrons. The third kappa shape index (κ3) is 5.96. The second-order valence-corrected chi connectivity index (χ2v) is 6.94. The van der Waals surface area contributed by atoms with E-state index in [0.29, 0.717) is 12.1 Å². The summed E-state index contributed by atoms with van der Waals surface area (Å²) in [6.45, 7) is 14.6. The Morgan fingerprint density at radius 2 is 1.91 bits per heavy atom.